The topological polar surface area (TPSA) is 27.7 Å². The average molecular weight is 454 g/mol. The van der Waals surface area contributed by atoms with Gasteiger partial charge in [-0.15, -0.1) is 0 Å². The molecule has 0 aliphatic carbocycles. The second kappa shape index (κ2) is 12.1. The summed E-state index contributed by atoms with van der Waals surface area (Å²) in [7, 11) is 0. The van der Waals surface area contributed by atoms with Crippen LogP contribution in [-0.4, -0.2) is 35.8 Å². The summed E-state index contributed by atoms with van der Waals surface area (Å²) in [6.45, 7) is 12.6. The number of thiocarbonyl (C=S) groups is 1. The molecule has 0 spiro atoms. The van der Waals surface area contributed by atoms with E-state index in [0.717, 1.165) is 36.1 Å². The van der Waals surface area contributed by atoms with E-state index in [-0.39, 0.29) is 0 Å². The molecule has 5 heteroatoms. The Kier molecular flexibility index (Phi) is 9.22. The number of unbranched alkanes of at least 4 members (excludes halogenated alkanes) is 1. The Labute approximate surface area is 199 Å². The molecule has 32 heavy (non-hydrogen) atoms. The van der Waals surface area contributed by atoms with Crippen LogP contribution in [0, 0.1) is 0 Å². The molecule has 2 aromatic rings. The molecule has 2 aromatic carbocycles. The summed E-state index contributed by atoms with van der Waals surface area (Å²) in [5.41, 5.74) is 5.24. The lowest BCUT2D eigenvalue weighted by Crippen LogP contribution is -2.40. The lowest BCUT2D eigenvalue weighted by atomic mass is 9.98. The van der Waals surface area contributed by atoms with E-state index in [1.165, 1.54) is 49.0 Å². The highest BCUT2D eigenvalue weighted by molar-refractivity contribution is 7.80. The fourth-order valence-corrected chi connectivity index (χ4v) is 4.61. The first-order valence-electron chi connectivity index (χ1n) is 12.2. The maximum Gasteiger partial charge on any atom is 0.173 e. The number of fused-ring (bicyclic) bond motifs is 1. The number of benzene rings is 2. The van der Waals surface area contributed by atoms with Gasteiger partial charge in [0.2, 0.25) is 0 Å². The predicted octanol–water partition coefficient (Wildman–Crippen LogP) is 6.64. The number of hydrogen-bond acceptors (Lipinski definition) is 3. The van der Waals surface area contributed by atoms with Gasteiger partial charge in [0.05, 0.1) is 6.61 Å². The van der Waals surface area contributed by atoms with Crippen molar-refractivity contribution in [3.05, 3.63) is 53.6 Å². The van der Waals surface area contributed by atoms with Crippen molar-refractivity contribution in [3.8, 4) is 5.75 Å². The van der Waals surface area contributed by atoms with Gasteiger partial charge in [0, 0.05) is 37.1 Å². The van der Waals surface area contributed by atoms with E-state index >= 15 is 0 Å². The molecule has 1 unspecified atom stereocenters. The van der Waals surface area contributed by atoms with Crippen molar-refractivity contribution in [2.24, 2.45) is 0 Å². The highest BCUT2D eigenvalue weighted by Gasteiger charge is 2.20. The number of nitrogens with one attached hydrogen (secondary N) is 1. The Balaban J connectivity index is 1.72. The summed E-state index contributed by atoms with van der Waals surface area (Å²) < 4.78 is 5.55. The summed E-state index contributed by atoms with van der Waals surface area (Å²) in [5, 5.41) is 4.20. The van der Waals surface area contributed by atoms with Gasteiger partial charge in [0.25, 0.3) is 0 Å². The minimum absolute atomic E-state index is 0.356. The average Bonchev–Trinajstić information content (AvgIpc) is 2.81. The zero-order valence-corrected chi connectivity index (χ0v) is 21.0. The molecule has 1 aliphatic heterocycles. The summed E-state index contributed by atoms with van der Waals surface area (Å²) in [4.78, 5) is 4.88. The fraction of sp³-hybridized carbons (Fsp3) is 0.519. The first kappa shape index (κ1) is 24.4. The van der Waals surface area contributed by atoms with Crippen LogP contribution in [0.5, 0.6) is 5.75 Å². The molecule has 4 nitrogen and oxygen atoms in total. The van der Waals surface area contributed by atoms with Gasteiger partial charge in [-0.3, -0.25) is 0 Å². The number of ether oxygens (including phenoxy) is 1. The Bertz CT molecular complexity index is 868. The third kappa shape index (κ3) is 6.38. The van der Waals surface area contributed by atoms with Crippen LogP contribution in [0.1, 0.15) is 64.5 Å². The fourth-order valence-electron chi connectivity index (χ4n) is 4.25. The molecule has 0 fully saturated rings. The van der Waals surface area contributed by atoms with E-state index < -0.39 is 0 Å². The molecule has 0 radical (unpaired) electrons. The summed E-state index contributed by atoms with van der Waals surface area (Å²) in [6.07, 6.45) is 5.96. The molecule has 3 rings (SSSR count). The van der Waals surface area contributed by atoms with Gasteiger partial charge < -0.3 is 19.9 Å². The number of nitrogens with zero attached hydrogens (tertiary/aromatic N) is 2. The molecule has 0 bridgehead atoms. The molecule has 1 atom stereocenters. The van der Waals surface area contributed by atoms with E-state index in [9.17, 15) is 0 Å². The third-order valence-electron chi connectivity index (χ3n) is 6.29. The van der Waals surface area contributed by atoms with E-state index in [1.54, 1.807) is 0 Å². The van der Waals surface area contributed by atoms with Crippen LogP contribution in [0.25, 0.3) is 0 Å². The minimum Gasteiger partial charge on any atom is -0.494 e. The quantitative estimate of drug-likeness (QED) is 0.407. The summed E-state index contributed by atoms with van der Waals surface area (Å²) >= 11 is 5.85. The lowest BCUT2D eigenvalue weighted by Gasteiger charge is -2.34. The Morgan fingerprint density at radius 3 is 2.62 bits per heavy atom. The van der Waals surface area contributed by atoms with Crippen LogP contribution in [-0.2, 0) is 13.0 Å². The molecule has 0 aromatic heterocycles. The molecule has 0 saturated heterocycles. The van der Waals surface area contributed by atoms with Gasteiger partial charge in [0.1, 0.15) is 5.75 Å². The molecule has 0 amide bonds. The molecule has 174 valence electrons. The van der Waals surface area contributed by atoms with E-state index in [0.29, 0.717) is 12.6 Å². The maximum absolute atomic E-state index is 5.85. The standard InChI is InChI=1S/C27H39N3OS/c1-5-8-17-29-18-9-10-23-19-22(11-16-26(23)29)20-30(21(4)6-2)27(32)28-24-12-14-25(15-13-24)31-7-3/h11-16,19,21H,5-10,17-18,20H2,1-4H3,(H,28,32). The van der Waals surface area contributed by atoms with Crippen molar-refractivity contribution >= 4 is 28.7 Å². The van der Waals surface area contributed by atoms with Crippen molar-refractivity contribution in [1.82, 2.24) is 4.90 Å². The molecule has 0 saturated carbocycles. The maximum atomic E-state index is 5.85. The highest BCUT2D eigenvalue weighted by Crippen LogP contribution is 2.29. The highest BCUT2D eigenvalue weighted by atomic mass is 32.1. The van der Waals surface area contributed by atoms with Crippen LogP contribution < -0.4 is 15.0 Å². The van der Waals surface area contributed by atoms with Crippen molar-refractivity contribution in [3.63, 3.8) is 0 Å². The lowest BCUT2D eigenvalue weighted by molar-refractivity contribution is 0.319. The normalized spacial score (nSPS) is 13.9. The van der Waals surface area contributed by atoms with Gasteiger partial charge in [-0.1, -0.05) is 32.4 Å². The predicted molar refractivity (Wildman–Crippen MR) is 141 cm³/mol. The molecule has 1 heterocycles. The zero-order chi connectivity index (χ0) is 22.9. The first-order chi connectivity index (χ1) is 15.5. The minimum atomic E-state index is 0.356. The van der Waals surface area contributed by atoms with Crippen LogP contribution in [0.2, 0.25) is 0 Å². The summed E-state index contributed by atoms with van der Waals surface area (Å²) in [6, 6.07) is 15.4. The molecule has 1 N–H and O–H groups in total. The van der Waals surface area contributed by atoms with Crippen molar-refractivity contribution in [1.29, 1.82) is 0 Å². The monoisotopic (exact) mass is 453 g/mol. The number of aryl methyl sites for hydroxylation is 1. The third-order valence-corrected chi connectivity index (χ3v) is 6.63. The van der Waals surface area contributed by atoms with E-state index in [2.05, 4.69) is 54.1 Å². The van der Waals surface area contributed by atoms with Gasteiger partial charge in [0.15, 0.2) is 5.11 Å². The number of rotatable bonds is 10. The van der Waals surface area contributed by atoms with Crippen molar-refractivity contribution in [2.45, 2.75) is 72.4 Å². The van der Waals surface area contributed by atoms with E-state index in [1.807, 2.05) is 31.2 Å². The Morgan fingerprint density at radius 1 is 1.16 bits per heavy atom. The zero-order valence-electron chi connectivity index (χ0n) is 20.2. The number of hydrogen-bond donors (Lipinski definition) is 1. The SMILES string of the molecule is CCCCN1CCCc2cc(CN(C(=S)Nc3ccc(OCC)cc3)C(C)CC)ccc21. The van der Waals surface area contributed by atoms with Gasteiger partial charge in [-0.2, -0.15) is 0 Å². The van der Waals surface area contributed by atoms with Gasteiger partial charge in [-0.05, 0) is 93.2 Å². The number of anilines is 2. The second-order valence-electron chi connectivity index (χ2n) is 8.68. The first-order valence-corrected chi connectivity index (χ1v) is 12.6. The molecule has 1 aliphatic rings. The van der Waals surface area contributed by atoms with Crippen LogP contribution >= 0.6 is 12.2 Å². The Hall–Kier alpha value is -2.27. The molecular formula is C27H39N3OS. The van der Waals surface area contributed by atoms with Crippen molar-refractivity contribution in [2.75, 3.05) is 29.9 Å². The van der Waals surface area contributed by atoms with Gasteiger partial charge >= 0.3 is 0 Å². The van der Waals surface area contributed by atoms with Crippen molar-refractivity contribution < 1.29 is 4.74 Å². The summed E-state index contributed by atoms with van der Waals surface area (Å²) in [5.74, 6) is 0.879. The second-order valence-corrected chi connectivity index (χ2v) is 9.07. The Morgan fingerprint density at radius 2 is 1.94 bits per heavy atom. The van der Waals surface area contributed by atoms with Crippen LogP contribution in [0.15, 0.2) is 42.5 Å². The van der Waals surface area contributed by atoms with Crippen LogP contribution in [0.4, 0.5) is 11.4 Å². The van der Waals surface area contributed by atoms with Crippen LogP contribution in [0.3, 0.4) is 0 Å². The molecular weight excluding hydrogens is 414 g/mol. The smallest absolute Gasteiger partial charge is 0.173 e. The van der Waals surface area contributed by atoms with Gasteiger partial charge in [-0.25, -0.2) is 0 Å². The largest absolute Gasteiger partial charge is 0.494 e. The van der Waals surface area contributed by atoms with E-state index in [4.69, 9.17) is 17.0 Å².